The summed E-state index contributed by atoms with van der Waals surface area (Å²) in [6, 6.07) is 7.40. The van der Waals surface area contributed by atoms with Gasteiger partial charge in [-0.2, -0.15) is 0 Å². The van der Waals surface area contributed by atoms with Crippen molar-refractivity contribution in [2.75, 3.05) is 12.8 Å². The van der Waals surface area contributed by atoms with E-state index in [4.69, 9.17) is 5.73 Å². The maximum Gasteiger partial charge on any atom is 0.270 e. The number of nitrogens with zero attached hydrogens (tertiary/aromatic N) is 2. The van der Waals surface area contributed by atoms with E-state index in [-0.39, 0.29) is 5.91 Å². The van der Waals surface area contributed by atoms with Gasteiger partial charge in [-0.1, -0.05) is 0 Å². The largest absolute Gasteiger partial charge is 0.399 e. The van der Waals surface area contributed by atoms with E-state index < -0.39 is 0 Å². The van der Waals surface area contributed by atoms with Crippen molar-refractivity contribution in [3.63, 3.8) is 0 Å². The zero-order valence-corrected chi connectivity index (χ0v) is 12.7. The Morgan fingerprint density at radius 2 is 2.24 bits per heavy atom. The number of nitrogens with two attached hydrogens (primary N) is 1. The van der Waals surface area contributed by atoms with Gasteiger partial charge in [-0.15, -0.1) is 11.3 Å². The molecule has 0 spiro atoms. The van der Waals surface area contributed by atoms with Gasteiger partial charge in [-0.05, 0) is 31.2 Å². The van der Waals surface area contributed by atoms with Gasteiger partial charge < -0.3 is 15.6 Å². The summed E-state index contributed by atoms with van der Waals surface area (Å²) in [4.78, 5) is 22.6. The van der Waals surface area contributed by atoms with E-state index in [1.807, 2.05) is 31.2 Å². The highest BCUT2D eigenvalue weighted by Crippen LogP contribution is 2.20. The molecule has 0 saturated heterocycles. The van der Waals surface area contributed by atoms with Crippen LogP contribution in [0, 0.1) is 6.92 Å². The van der Waals surface area contributed by atoms with Gasteiger partial charge in [0, 0.05) is 28.5 Å². The van der Waals surface area contributed by atoms with Crippen LogP contribution in [-0.2, 0) is 6.54 Å². The van der Waals surface area contributed by atoms with Gasteiger partial charge in [0.05, 0.1) is 17.7 Å². The Balaban J connectivity index is 1.84. The Hall–Kier alpha value is -2.34. The second-order valence-corrected chi connectivity index (χ2v) is 5.99. The lowest BCUT2D eigenvalue weighted by molar-refractivity contribution is 0.0781. The summed E-state index contributed by atoms with van der Waals surface area (Å²) in [6.45, 7) is 2.52. The van der Waals surface area contributed by atoms with Crippen LogP contribution in [0.1, 0.15) is 21.1 Å². The van der Waals surface area contributed by atoms with E-state index in [1.54, 1.807) is 28.8 Å². The van der Waals surface area contributed by atoms with Gasteiger partial charge >= 0.3 is 0 Å². The molecule has 1 amide bonds. The van der Waals surface area contributed by atoms with Crippen molar-refractivity contribution in [1.29, 1.82) is 0 Å². The summed E-state index contributed by atoms with van der Waals surface area (Å²) in [7, 11) is 1.79. The van der Waals surface area contributed by atoms with Gasteiger partial charge in [0.25, 0.3) is 5.91 Å². The fraction of sp³-hybridized carbons (Fsp3) is 0.200. The summed E-state index contributed by atoms with van der Waals surface area (Å²) < 4.78 is 0. The van der Waals surface area contributed by atoms with Crippen molar-refractivity contribution < 1.29 is 4.79 Å². The fourth-order valence-electron chi connectivity index (χ4n) is 2.24. The van der Waals surface area contributed by atoms with Gasteiger partial charge in [0.1, 0.15) is 5.69 Å². The van der Waals surface area contributed by atoms with Crippen LogP contribution in [0.3, 0.4) is 0 Å². The minimum atomic E-state index is -0.0439. The van der Waals surface area contributed by atoms with Crippen molar-refractivity contribution in [2.45, 2.75) is 13.5 Å². The highest BCUT2D eigenvalue weighted by atomic mass is 32.1. The Bertz CT molecular complexity index is 805. The molecule has 3 aromatic rings. The molecule has 1 aromatic carbocycles. The molecule has 2 heterocycles. The molecule has 0 atom stereocenters. The smallest absolute Gasteiger partial charge is 0.270 e. The number of anilines is 1. The van der Waals surface area contributed by atoms with Crippen LogP contribution in [0.15, 0.2) is 29.8 Å². The number of benzene rings is 1. The number of aryl methyl sites for hydroxylation is 1. The summed E-state index contributed by atoms with van der Waals surface area (Å²) in [5.74, 6) is -0.0439. The molecule has 3 N–H and O–H groups in total. The van der Waals surface area contributed by atoms with Crippen LogP contribution in [0.25, 0.3) is 10.9 Å². The number of carbonyl (C=O) groups is 1. The standard InChI is InChI=1S/C15H16N4OS/c1-9-14(21-8-17-9)7-19(2)15(20)13-6-10-5-11(16)3-4-12(10)18-13/h3-6,8,18H,7,16H2,1-2H3. The summed E-state index contributed by atoms with van der Waals surface area (Å²) in [5, 5.41) is 0.945. The average Bonchev–Trinajstić information content (AvgIpc) is 3.04. The van der Waals surface area contributed by atoms with Crippen LogP contribution in [0.2, 0.25) is 0 Å². The Labute approximate surface area is 126 Å². The SMILES string of the molecule is Cc1ncsc1CN(C)C(=O)c1cc2cc(N)ccc2[nH]1. The van der Waals surface area contributed by atoms with E-state index in [9.17, 15) is 4.79 Å². The normalized spacial score (nSPS) is 11.0. The number of thiazole rings is 1. The van der Waals surface area contributed by atoms with Gasteiger partial charge in [-0.3, -0.25) is 4.79 Å². The lowest BCUT2D eigenvalue weighted by atomic mass is 10.2. The number of H-pyrrole nitrogens is 1. The van der Waals surface area contributed by atoms with Crippen LogP contribution in [0.4, 0.5) is 5.69 Å². The van der Waals surface area contributed by atoms with Crippen LogP contribution in [-0.4, -0.2) is 27.8 Å². The minimum absolute atomic E-state index is 0.0439. The van der Waals surface area contributed by atoms with Crippen LogP contribution < -0.4 is 5.73 Å². The molecule has 108 valence electrons. The molecule has 0 aliphatic heterocycles. The lowest BCUT2D eigenvalue weighted by Gasteiger charge is -2.15. The molecule has 0 unspecified atom stereocenters. The summed E-state index contributed by atoms with van der Waals surface area (Å²) in [5.41, 5.74) is 10.7. The van der Waals surface area contributed by atoms with Crippen LogP contribution in [0.5, 0.6) is 0 Å². The zero-order valence-electron chi connectivity index (χ0n) is 11.9. The molecule has 0 bridgehead atoms. The first-order valence-electron chi connectivity index (χ1n) is 6.57. The van der Waals surface area contributed by atoms with Crippen molar-refractivity contribution in [2.24, 2.45) is 0 Å². The second-order valence-electron chi connectivity index (χ2n) is 5.05. The molecule has 0 aliphatic rings. The van der Waals surface area contributed by atoms with Gasteiger partial charge in [0.15, 0.2) is 0 Å². The number of nitrogens with one attached hydrogen (secondary N) is 1. The lowest BCUT2D eigenvalue weighted by Crippen LogP contribution is -2.26. The molecule has 21 heavy (non-hydrogen) atoms. The van der Waals surface area contributed by atoms with E-state index in [0.29, 0.717) is 17.9 Å². The molecular formula is C15H16N4OS. The number of aromatic amines is 1. The van der Waals surface area contributed by atoms with E-state index in [2.05, 4.69) is 9.97 Å². The molecular weight excluding hydrogens is 284 g/mol. The molecule has 0 saturated carbocycles. The molecule has 0 aliphatic carbocycles. The van der Waals surface area contributed by atoms with Crippen molar-refractivity contribution in [1.82, 2.24) is 14.9 Å². The minimum Gasteiger partial charge on any atom is -0.399 e. The van der Waals surface area contributed by atoms with Gasteiger partial charge in [-0.25, -0.2) is 4.98 Å². The molecule has 3 rings (SSSR count). The summed E-state index contributed by atoms with van der Waals surface area (Å²) in [6.07, 6.45) is 0. The zero-order chi connectivity index (χ0) is 15.0. The number of amides is 1. The van der Waals surface area contributed by atoms with Gasteiger partial charge in [0.2, 0.25) is 0 Å². The number of fused-ring (bicyclic) bond motifs is 1. The number of carbonyl (C=O) groups excluding carboxylic acids is 1. The molecule has 0 radical (unpaired) electrons. The van der Waals surface area contributed by atoms with Crippen molar-refractivity contribution in [3.8, 4) is 0 Å². The highest BCUT2D eigenvalue weighted by Gasteiger charge is 2.16. The molecule has 5 nitrogen and oxygen atoms in total. The predicted octanol–water partition coefficient (Wildman–Crippen LogP) is 2.79. The third-order valence-electron chi connectivity index (χ3n) is 3.45. The van der Waals surface area contributed by atoms with E-state index in [1.165, 1.54) is 0 Å². The number of hydrogen-bond acceptors (Lipinski definition) is 4. The molecule has 0 fully saturated rings. The topological polar surface area (TPSA) is 75.0 Å². The second kappa shape index (κ2) is 5.21. The average molecular weight is 300 g/mol. The Morgan fingerprint density at radius 1 is 1.43 bits per heavy atom. The summed E-state index contributed by atoms with van der Waals surface area (Å²) >= 11 is 1.57. The predicted molar refractivity (Wildman–Crippen MR) is 85.4 cm³/mol. The van der Waals surface area contributed by atoms with E-state index in [0.717, 1.165) is 21.5 Å². The first-order valence-corrected chi connectivity index (χ1v) is 7.45. The maximum atomic E-state index is 12.5. The van der Waals surface area contributed by atoms with Crippen molar-refractivity contribution in [3.05, 3.63) is 46.0 Å². The fourth-order valence-corrected chi connectivity index (χ4v) is 3.07. The third-order valence-corrected chi connectivity index (χ3v) is 4.37. The number of nitrogen functional groups attached to an aromatic ring is 1. The van der Waals surface area contributed by atoms with E-state index >= 15 is 0 Å². The first kappa shape index (κ1) is 13.6. The monoisotopic (exact) mass is 300 g/mol. The Kier molecular flexibility index (Phi) is 3.39. The third kappa shape index (κ3) is 2.62. The number of aromatic nitrogens is 2. The number of hydrogen-bond donors (Lipinski definition) is 2. The van der Waals surface area contributed by atoms with Crippen molar-refractivity contribution >= 4 is 33.8 Å². The highest BCUT2D eigenvalue weighted by molar-refractivity contribution is 7.09. The maximum absolute atomic E-state index is 12.5. The Morgan fingerprint density at radius 3 is 2.95 bits per heavy atom. The quantitative estimate of drug-likeness (QED) is 0.730. The molecule has 2 aromatic heterocycles. The van der Waals surface area contributed by atoms with Crippen LogP contribution >= 0.6 is 11.3 Å². The number of rotatable bonds is 3. The first-order chi connectivity index (χ1) is 10.0. The molecule has 6 heteroatoms.